The number of nitrogens with zero attached hydrogens (tertiary/aromatic N) is 2. The predicted octanol–water partition coefficient (Wildman–Crippen LogP) is 2.78. The van der Waals surface area contributed by atoms with Crippen molar-refractivity contribution >= 4 is 15.7 Å². The molecule has 132 valence electrons. The maximum atomic E-state index is 12.8. The monoisotopic (exact) mass is 362 g/mol. The first-order valence-corrected chi connectivity index (χ1v) is 9.24. The van der Waals surface area contributed by atoms with Crippen LogP contribution in [0.25, 0.3) is 0 Å². The molecule has 1 atom stereocenters. The molecule has 1 fully saturated rings. The van der Waals surface area contributed by atoms with Crippen molar-refractivity contribution in [2.75, 3.05) is 20.2 Å². The predicted molar refractivity (Wildman–Crippen MR) is 92.2 cm³/mol. The fraction of sp³-hybridized carbons (Fsp3) is 0.294. The quantitative estimate of drug-likeness (QED) is 0.603. The number of hydrogen-bond donors (Lipinski definition) is 0. The van der Waals surface area contributed by atoms with E-state index in [1.807, 2.05) is 24.3 Å². The summed E-state index contributed by atoms with van der Waals surface area (Å²) in [5.74, 6) is 0.849. The molecule has 0 N–H and O–H groups in total. The molecule has 2 aromatic carbocycles. The van der Waals surface area contributed by atoms with E-state index in [4.69, 9.17) is 4.74 Å². The van der Waals surface area contributed by atoms with E-state index in [0.29, 0.717) is 19.5 Å². The Morgan fingerprint density at radius 1 is 1.20 bits per heavy atom. The molecule has 2 aromatic rings. The minimum atomic E-state index is -3.74. The van der Waals surface area contributed by atoms with Gasteiger partial charge >= 0.3 is 0 Å². The molecule has 25 heavy (non-hydrogen) atoms. The minimum Gasteiger partial charge on any atom is -0.497 e. The third-order valence-electron chi connectivity index (χ3n) is 4.40. The maximum absolute atomic E-state index is 12.8. The van der Waals surface area contributed by atoms with Crippen LogP contribution in [0, 0.1) is 10.1 Å². The van der Waals surface area contributed by atoms with Crippen molar-refractivity contribution in [1.29, 1.82) is 0 Å². The lowest BCUT2D eigenvalue weighted by atomic mass is 9.99. The molecule has 1 unspecified atom stereocenters. The fourth-order valence-electron chi connectivity index (χ4n) is 3.00. The van der Waals surface area contributed by atoms with Crippen LogP contribution in [0.1, 0.15) is 17.9 Å². The molecule has 0 amide bonds. The molecular weight excluding hydrogens is 344 g/mol. The van der Waals surface area contributed by atoms with Gasteiger partial charge in [0.25, 0.3) is 5.69 Å². The zero-order valence-electron chi connectivity index (χ0n) is 13.7. The van der Waals surface area contributed by atoms with Gasteiger partial charge in [-0.2, -0.15) is 4.31 Å². The Balaban J connectivity index is 1.80. The van der Waals surface area contributed by atoms with Crippen LogP contribution in [0.5, 0.6) is 5.75 Å². The number of methoxy groups -OCH3 is 1. The third kappa shape index (κ3) is 3.49. The van der Waals surface area contributed by atoms with E-state index in [1.54, 1.807) is 7.11 Å². The van der Waals surface area contributed by atoms with E-state index < -0.39 is 14.9 Å². The minimum absolute atomic E-state index is 0.0444. The standard InChI is InChI=1S/C17H18N2O5S/c1-24-16-7-5-13(6-8-16)14-9-10-18(12-14)25(22,23)17-4-2-3-15(11-17)19(20)21/h2-8,11,14H,9-10,12H2,1H3. The van der Waals surface area contributed by atoms with Gasteiger partial charge in [0.05, 0.1) is 16.9 Å². The first kappa shape index (κ1) is 17.4. The fourth-order valence-corrected chi connectivity index (χ4v) is 4.54. The summed E-state index contributed by atoms with van der Waals surface area (Å²) in [5, 5.41) is 10.9. The number of sulfonamides is 1. The van der Waals surface area contributed by atoms with Crippen LogP contribution in [0.3, 0.4) is 0 Å². The highest BCUT2D eigenvalue weighted by molar-refractivity contribution is 7.89. The van der Waals surface area contributed by atoms with E-state index >= 15 is 0 Å². The van der Waals surface area contributed by atoms with Crippen LogP contribution in [0.4, 0.5) is 5.69 Å². The summed E-state index contributed by atoms with van der Waals surface area (Å²) in [6, 6.07) is 12.8. The van der Waals surface area contributed by atoms with Crippen molar-refractivity contribution in [2.45, 2.75) is 17.2 Å². The lowest BCUT2D eigenvalue weighted by molar-refractivity contribution is -0.385. The molecule has 1 aliphatic heterocycles. The van der Waals surface area contributed by atoms with E-state index in [9.17, 15) is 18.5 Å². The molecule has 0 spiro atoms. The average molecular weight is 362 g/mol. The third-order valence-corrected chi connectivity index (χ3v) is 6.27. The van der Waals surface area contributed by atoms with Gasteiger partial charge in [-0.1, -0.05) is 18.2 Å². The van der Waals surface area contributed by atoms with Crippen LogP contribution < -0.4 is 4.74 Å². The van der Waals surface area contributed by atoms with Gasteiger partial charge in [0, 0.05) is 25.2 Å². The molecule has 0 aliphatic carbocycles. The number of non-ortho nitro benzene ring substituents is 1. The molecule has 1 saturated heterocycles. The molecule has 0 bridgehead atoms. The van der Waals surface area contributed by atoms with Crippen LogP contribution >= 0.6 is 0 Å². The Morgan fingerprint density at radius 2 is 1.92 bits per heavy atom. The molecule has 1 aliphatic rings. The summed E-state index contributed by atoms with van der Waals surface area (Å²) in [6.07, 6.45) is 0.709. The largest absolute Gasteiger partial charge is 0.497 e. The van der Waals surface area contributed by atoms with Gasteiger partial charge in [-0.15, -0.1) is 0 Å². The van der Waals surface area contributed by atoms with Crippen LogP contribution in [-0.2, 0) is 10.0 Å². The zero-order chi connectivity index (χ0) is 18.0. The van der Waals surface area contributed by atoms with Crippen molar-refractivity contribution < 1.29 is 18.1 Å². The van der Waals surface area contributed by atoms with Gasteiger partial charge in [-0.05, 0) is 36.1 Å². The van der Waals surface area contributed by atoms with Crippen molar-refractivity contribution in [1.82, 2.24) is 4.31 Å². The number of nitro groups is 1. The Kier molecular flexibility index (Phi) is 4.73. The first-order chi connectivity index (χ1) is 11.9. The summed E-state index contributed by atoms with van der Waals surface area (Å²) in [4.78, 5) is 10.2. The molecule has 1 heterocycles. The summed E-state index contributed by atoms with van der Waals surface area (Å²) >= 11 is 0. The van der Waals surface area contributed by atoms with E-state index in [1.165, 1.54) is 22.5 Å². The Morgan fingerprint density at radius 3 is 2.56 bits per heavy atom. The highest BCUT2D eigenvalue weighted by atomic mass is 32.2. The SMILES string of the molecule is COc1ccc(C2CCN(S(=O)(=O)c3cccc([N+](=O)[O-])c3)C2)cc1. The molecule has 0 radical (unpaired) electrons. The van der Waals surface area contributed by atoms with Crippen molar-refractivity contribution in [3.05, 3.63) is 64.2 Å². The summed E-state index contributed by atoms with van der Waals surface area (Å²) in [5.41, 5.74) is 0.824. The van der Waals surface area contributed by atoms with Gasteiger partial charge in [-0.3, -0.25) is 10.1 Å². The second-order valence-corrected chi connectivity index (χ2v) is 7.81. The van der Waals surface area contributed by atoms with Gasteiger partial charge < -0.3 is 4.74 Å². The molecule has 8 heteroatoms. The number of nitro benzene ring substituents is 1. The Hall–Kier alpha value is -2.45. The van der Waals surface area contributed by atoms with Crippen LogP contribution in [-0.4, -0.2) is 37.8 Å². The van der Waals surface area contributed by atoms with Crippen LogP contribution in [0.2, 0.25) is 0 Å². The molecule has 7 nitrogen and oxygen atoms in total. The van der Waals surface area contributed by atoms with Gasteiger partial charge in [0.15, 0.2) is 0 Å². The number of ether oxygens (including phenoxy) is 1. The average Bonchev–Trinajstić information content (AvgIpc) is 3.13. The highest BCUT2D eigenvalue weighted by Crippen LogP contribution is 2.32. The number of hydrogen-bond acceptors (Lipinski definition) is 5. The highest BCUT2D eigenvalue weighted by Gasteiger charge is 2.33. The van der Waals surface area contributed by atoms with Crippen molar-refractivity contribution in [3.63, 3.8) is 0 Å². The normalized spacial score (nSPS) is 18.2. The topological polar surface area (TPSA) is 89.8 Å². The van der Waals surface area contributed by atoms with E-state index in [2.05, 4.69) is 0 Å². The number of rotatable bonds is 5. The summed E-state index contributed by atoms with van der Waals surface area (Å²) < 4.78 is 32.1. The Bertz CT molecular complexity index is 880. The van der Waals surface area contributed by atoms with Gasteiger partial charge in [0.2, 0.25) is 10.0 Å². The molecular formula is C17H18N2O5S. The summed E-state index contributed by atoms with van der Waals surface area (Å²) in [7, 11) is -2.15. The van der Waals surface area contributed by atoms with Crippen LogP contribution in [0.15, 0.2) is 53.4 Å². The zero-order valence-corrected chi connectivity index (χ0v) is 14.5. The van der Waals surface area contributed by atoms with Crippen molar-refractivity contribution in [2.24, 2.45) is 0 Å². The molecule has 0 saturated carbocycles. The molecule has 0 aromatic heterocycles. The lowest BCUT2D eigenvalue weighted by Gasteiger charge is -2.17. The smallest absolute Gasteiger partial charge is 0.270 e. The second-order valence-electron chi connectivity index (χ2n) is 5.88. The first-order valence-electron chi connectivity index (χ1n) is 7.80. The van der Waals surface area contributed by atoms with E-state index in [-0.39, 0.29) is 16.5 Å². The van der Waals surface area contributed by atoms with Gasteiger partial charge in [0.1, 0.15) is 5.75 Å². The number of benzene rings is 2. The van der Waals surface area contributed by atoms with E-state index in [0.717, 1.165) is 17.4 Å². The van der Waals surface area contributed by atoms with Crippen molar-refractivity contribution in [3.8, 4) is 5.75 Å². The lowest BCUT2D eigenvalue weighted by Crippen LogP contribution is -2.28. The summed E-state index contributed by atoms with van der Waals surface area (Å²) in [6.45, 7) is 0.749. The van der Waals surface area contributed by atoms with Gasteiger partial charge in [-0.25, -0.2) is 8.42 Å². The molecule has 3 rings (SSSR count). The maximum Gasteiger partial charge on any atom is 0.270 e. The Labute approximate surface area is 146 Å². The second kappa shape index (κ2) is 6.81.